The molecule has 0 fully saturated rings. The molecule has 0 bridgehead atoms. The molecule has 0 radical (unpaired) electrons. The fraction of sp³-hybridized carbons (Fsp3) is 0.200. The van der Waals surface area contributed by atoms with Crippen molar-refractivity contribution in [2.45, 2.75) is 20.3 Å². The van der Waals surface area contributed by atoms with Crippen LogP contribution in [0.3, 0.4) is 0 Å². The Balaban J connectivity index is 2.97. The van der Waals surface area contributed by atoms with Crippen LogP contribution in [0.15, 0.2) is 36.3 Å². The fourth-order valence-corrected chi connectivity index (χ4v) is 1.75. The Kier molecular flexibility index (Phi) is 4.66. The van der Waals surface area contributed by atoms with Gasteiger partial charge in [0.1, 0.15) is 0 Å². The van der Waals surface area contributed by atoms with Crippen molar-refractivity contribution in [3.8, 4) is 12.3 Å². The Hall–Kier alpha value is -1.88. The molecule has 1 aromatic rings. The van der Waals surface area contributed by atoms with E-state index in [1.807, 2.05) is 12.1 Å². The lowest BCUT2D eigenvalue weighted by atomic mass is 9.60. The number of allylic oxidation sites excluding steroid dienone is 2. The van der Waals surface area contributed by atoms with Gasteiger partial charge < -0.3 is 5.73 Å². The van der Waals surface area contributed by atoms with Crippen molar-refractivity contribution >= 4 is 18.4 Å². The van der Waals surface area contributed by atoms with Crippen molar-refractivity contribution in [2.75, 3.05) is 5.73 Å². The summed E-state index contributed by atoms with van der Waals surface area (Å²) in [5, 5.41) is 0. The van der Waals surface area contributed by atoms with Gasteiger partial charge in [-0.3, -0.25) is 0 Å². The van der Waals surface area contributed by atoms with Gasteiger partial charge in [0.25, 0.3) is 0 Å². The van der Waals surface area contributed by atoms with Gasteiger partial charge >= 0.3 is 0 Å². The van der Waals surface area contributed by atoms with E-state index >= 15 is 0 Å². The number of anilines is 1. The molecule has 0 saturated heterocycles. The SMILES string of the molecule is C#Cc1cc(N)cc(C(=C)B/C(=C\C)CC)c1. The summed E-state index contributed by atoms with van der Waals surface area (Å²) in [5.74, 6) is 2.61. The van der Waals surface area contributed by atoms with E-state index in [-0.39, 0.29) is 0 Å². The summed E-state index contributed by atoms with van der Waals surface area (Å²) in [6.45, 7) is 8.31. The highest BCUT2D eigenvalue weighted by atomic mass is 14.5. The molecule has 1 nitrogen and oxygen atoms in total. The largest absolute Gasteiger partial charge is 0.399 e. The Bertz CT molecular complexity index is 492. The molecular weight excluding hydrogens is 205 g/mol. The maximum Gasteiger partial charge on any atom is 0.186 e. The first kappa shape index (κ1) is 13.2. The summed E-state index contributed by atoms with van der Waals surface area (Å²) < 4.78 is 0. The third kappa shape index (κ3) is 3.57. The van der Waals surface area contributed by atoms with Crippen LogP contribution < -0.4 is 5.73 Å². The number of nitrogen functional groups attached to an aromatic ring is 1. The van der Waals surface area contributed by atoms with Crippen LogP contribution in [0.5, 0.6) is 0 Å². The van der Waals surface area contributed by atoms with Crippen molar-refractivity contribution in [1.82, 2.24) is 0 Å². The average Bonchev–Trinajstić information content (AvgIpc) is 2.34. The molecule has 1 rings (SSSR count). The van der Waals surface area contributed by atoms with Gasteiger partial charge in [0.15, 0.2) is 7.28 Å². The molecule has 2 N–H and O–H groups in total. The van der Waals surface area contributed by atoms with Crippen LogP contribution in [-0.2, 0) is 0 Å². The zero-order valence-corrected chi connectivity index (χ0v) is 10.6. The van der Waals surface area contributed by atoms with E-state index in [2.05, 4.69) is 32.4 Å². The van der Waals surface area contributed by atoms with Crippen molar-refractivity contribution in [3.63, 3.8) is 0 Å². The highest BCUT2D eigenvalue weighted by Gasteiger charge is 2.05. The van der Waals surface area contributed by atoms with Gasteiger partial charge in [-0.05, 0) is 37.1 Å². The molecule has 17 heavy (non-hydrogen) atoms. The second kappa shape index (κ2) is 6.01. The molecule has 2 heteroatoms. The lowest BCUT2D eigenvalue weighted by Crippen LogP contribution is -2.00. The number of hydrogen-bond acceptors (Lipinski definition) is 1. The van der Waals surface area contributed by atoms with Gasteiger partial charge in [-0.15, -0.1) is 18.5 Å². The molecule has 0 atom stereocenters. The van der Waals surface area contributed by atoms with Crippen LogP contribution in [0.25, 0.3) is 5.47 Å². The monoisotopic (exact) mass is 223 g/mol. The molecule has 0 amide bonds. The summed E-state index contributed by atoms with van der Waals surface area (Å²) in [6, 6.07) is 5.68. The minimum atomic E-state index is 0.690. The lowest BCUT2D eigenvalue weighted by molar-refractivity contribution is 1.18. The molecule has 0 unspecified atom stereocenters. The zero-order valence-electron chi connectivity index (χ0n) is 10.6. The first-order chi connectivity index (χ1) is 8.10. The number of terminal acetylenes is 1. The zero-order chi connectivity index (χ0) is 12.8. The maximum absolute atomic E-state index is 5.82. The standard InChI is InChI=1S/C15H18BN/c1-5-12-8-13(10-15(17)9-12)11(4)16-14(6-2)7-3/h1,6,8-10,16H,4,7,17H2,2-3H3/b14-6-. The number of hydrogen-bond donors (Lipinski definition) is 1. The average molecular weight is 223 g/mol. The number of benzene rings is 1. The molecule has 0 spiro atoms. The van der Waals surface area contributed by atoms with E-state index < -0.39 is 0 Å². The minimum Gasteiger partial charge on any atom is -0.399 e. The van der Waals surface area contributed by atoms with Crippen LogP contribution in [0.2, 0.25) is 0 Å². The first-order valence-electron chi connectivity index (χ1n) is 5.80. The van der Waals surface area contributed by atoms with Crippen LogP contribution in [-0.4, -0.2) is 7.28 Å². The Morgan fingerprint density at radius 1 is 1.53 bits per heavy atom. The highest BCUT2D eigenvalue weighted by molar-refractivity contribution is 6.67. The predicted octanol–water partition coefficient (Wildman–Crippen LogP) is 2.97. The topological polar surface area (TPSA) is 26.0 Å². The minimum absolute atomic E-state index is 0.690. The summed E-state index contributed by atoms with van der Waals surface area (Å²) in [7, 11) is 0.875. The molecule has 1 aromatic carbocycles. The third-order valence-corrected chi connectivity index (χ3v) is 2.83. The van der Waals surface area contributed by atoms with Crippen molar-refractivity contribution in [2.24, 2.45) is 0 Å². The molecule has 0 heterocycles. The van der Waals surface area contributed by atoms with Gasteiger partial charge in [0.2, 0.25) is 0 Å². The number of rotatable bonds is 4. The summed E-state index contributed by atoms with van der Waals surface area (Å²) >= 11 is 0. The Morgan fingerprint density at radius 3 is 2.76 bits per heavy atom. The van der Waals surface area contributed by atoms with E-state index in [4.69, 9.17) is 12.2 Å². The predicted molar refractivity (Wildman–Crippen MR) is 79.0 cm³/mol. The van der Waals surface area contributed by atoms with E-state index in [0.29, 0.717) is 5.69 Å². The number of nitrogens with two attached hydrogens (primary N) is 1. The van der Waals surface area contributed by atoms with Gasteiger partial charge in [0, 0.05) is 11.3 Å². The molecule has 0 aliphatic carbocycles. The van der Waals surface area contributed by atoms with Gasteiger partial charge in [0.05, 0.1) is 0 Å². The van der Waals surface area contributed by atoms with Crippen LogP contribution in [0.4, 0.5) is 5.69 Å². The highest BCUT2D eigenvalue weighted by Crippen LogP contribution is 2.19. The van der Waals surface area contributed by atoms with Gasteiger partial charge in [-0.25, -0.2) is 0 Å². The lowest BCUT2D eigenvalue weighted by Gasteiger charge is -2.08. The third-order valence-electron chi connectivity index (χ3n) is 2.83. The molecular formula is C15H18BN. The van der Waals surface area contributed by atoms with Crippen LogP contribution in [0, 0.1) is 12.3 Å². The van der Waals surface area contributed by atoms with Crippen molar-refractivity contribution in [3.05, 3.63) is 47.5 Å². The van der Waals surface area contributed by atoms with Gasteiger partial charge in [-0.1, -0.05) is 24.4 Å². The molecule has 0 aliphatic rings. The van der Waals surface area contributed by atoms with Crippen molar-refractivity contribution in [1.29, 1.82) is 0 Å². The molecule has 86 valence electrons. The molecule has 0 aromatic heterocycles. The summed E-state index contributed by atoms with van der Waals surface area (Å²) in [6.07, 6.45) is 8.57. The normalized spacial score (nSPS) is 10.8. The Labute approximate surface area is 105 Å². The molecule has 0 aliphatic heterocycles. The quantitative estimate of drug-likeness (QED) is 0.474. The van der Waals surface area contributed by atoms with Crippen LogP contribution >= 0.6 is 0 Å². The second-order valence-corrected chi connectivity index (χ2v) is 4.07. The maximum atomic E-state index is 5.82. The van der Waals surface area contributed by atoms with E-state index in [1.165, 1.54) is 5.47 Å². The molecule has 0 saturated carbocycles. The first-order valence-corrected chi connectivity index (χ1v) is 5.80. The van der Waals surface area contributed by atoms with Gasteiger partial charge in [-0.2, -0.15) is 0 Å². The van der Waals surface area contributed by atoms with E-state index in [9.17, 15) is 0 Å². The fourth-order valence-electron chi connectivity index (χ4n) is 1.75. The van der Waals surface area contributed by atoms with Crippen molar-refractivity contribution < 1.29 is 0 Å². The second-order valence-electron chi connectivity index (χ2n) is 4.07. The smallest absolute Gasteiger partial charge is 0.186 e. The van der Waals surface area contributed by atoms with E-state index in [1.54, 1.807) is 6.07 Å². The summed E-state index contributed by atoms with van der Waals surface area (Å²) in [4.78, 5) is 0. The van der Waals surface area contributed by atoms with Crippen LogP contribution in [0.1, 0.15) is 31.4 Å². The Morgan fingerprint density at radius 2 is 2.24 bits per heavy atom. The summed E-state index contributed by atoms with van der Waals surface area (Å²) in [5.41, 5.74) is 10.8. The van der Waals surface area contributed by atoms with E-state index in [0.717, 1.165) is 30.3 Å².